The van der Waals surface area contributed by atoms with Gasteiger partial charge in [0.25, 0.3) is 5.91 Å². The van der Waals surface area contributed by atoms with Crippen LogP contribution in [0.25, 0.3) is 0 Å². The van der Waals surface area contributed by atoms with Gasteiger partial charge < -0.3 is 14.5 Å². The molecule has 0 spiro atoms. The Labute approximate surface area is 159 Å². The van der Waals surface area contributed by atoms with Gasteiger partial charge in [-0.15, -0.1) is 0 Å². The molecule has 7 heteroatoms. The molecule has 0 unspecified atom stereocenters. The van der Waals surface area contributed by atoms with Gasteiger partial charge >= 0.3 is 0 Å². The average Bonchev–Trinajstić information content (AvgIpc) is 3.18. The Morgan fingerprint density at radius 2 is 1.69 bits per heavy atom. The van der Waals surface area contributed by atoms with Crippen LogP contribution in [-0.2, 0) is 9.59 Å². The van der Waals surface area contributed by atoms with E-state index < -0.39 is 6.10 Å². The molecule has 0 radical (unpaired) electrons. The number of amides is 2. The predicted molar refractivity (Wildman–Crippen MR) is 100 cm³/mol. The second-order valence-corrected chi connectivity index (χ2v) is 7.29. The zero-order valence-corrected chi connectivity index (χ0v) is 16.0. The molecule has 142 valence electrons. The first-order valence-corrected chi connectivity index (χ1v) is 9.62. The summed E-state index contributed by atoms with van der Waals surface area (Å²) in [7, 11) is 0. The standard InChI is InChI=1S/C19H26ClN3O3/c1-15(26-17-7-3-2-6-16(17)20)19(25)23-12-10-21(11-13-23)14-18(24)22-8-4-5-9-22/h2-3,6-7,15H,4-5,8-14H2,1H3/t15-/m1/s1. The molecule has 3 rings (SSSR count). The summed E-state index contributed by atoms with van der Waals surface area (Å²) in [4.78, 5) is 30.7. The minimum atomic E-state index is -0.590. The number of nitrogens with zero attached hydrogens (tertiary/aromatic N) is 3. The lowest BCUT2D eigenvalue weighted by atomic mass is 10.2. The highest BCUT2D eigenvalue weighted by atomic mass is 35.5. The molecule has 2 aliphatic rings. The number of para-hydroxylation sites is 1. The molecule has 26 heavy (non-hydrogen) atoms. The fourth-order valence-corrected chi connectivity index (χ4v) is 3.60. The first-order chi connectivity index (χ1) is 12.5. The number of hydrogen-bond donors (Lipinski definition) is 0. The van der Waals surface area contributed by atoms with Gasteiger partial charge in [0.05, 0.1) is 11.6 Å². The van der Waals surface area contributed by atoms with E-state index in [9.17, 15) is 9.59 Å². The van der Waals surface area contributed by atoms with Gasteiger partial charge in [0, 0.05) is 39.3 Å². The van der Waals surface area contributed by atoms with Gasteiger partial charge in [0.1, 0.15) is 5.75 Å². The van der Waals surface area contributed by atoms with Crippen LogP contribution < -0.4 is 4.74 Å². The van der Waals surface area contributed by atoms with Crippen LogP contribution in [0.3, 0.4) is 0 Å². The Bertz CT molecular complexity index is 641. The largest absolute Gasteiger partial charge is 0.479 e. The number of halogens is 1. The molecule has 0 aromatic heterocycles. The van der Waals surface area contributed by atoms with Crippen molar-refractivity contribution in [2.75, 3.05) is 45.8 Å². The molecule has 1 aromatic rings. The predicted octanol–water partition coefficient (Wildman–Crippen LogP) is 1.87. The summed E-state index contributed by atoms with van der Waals surface area (Å²) in [6, 6.07) is 7.15. The maximum Gasteiger partial charge on any atom is 0.263 e. The number of benzene rings is 1. The van der Waals surface area contributed by atoms with E-state index in [0.717, 1.165) is 25.9 Å². The van der Waals surface area contributed by atoms with Crippen LogP contribution in [0.4, 0.5) is 0 Å². The molecule has 2 saturated heterocycles. The number of piperazine rings is 1. The van der Waals surface area contributed by atoms with Crippen LogP contribution in [0.15, 0.2) is 24.3 Å². The van der Waals surface area contributed by atoms with E-state index in [1.807, 2.05) is 17.0 Å². The van der Waals surface area contributed by atoms with Crippen molar-refractivity contribution in [1.82, 2.24) is 14.7 Å². The van der Waals surface area contributed by atoms with Crippen LogP contribution in [0, 0.1) is 0 Å². The quantitative estimate of drug-likeness (QED) is 0.783. The number of rotatable bonds is 5. The van der Waals surface area contributed by atoms with Gasteiger partial charge in [0.15, 0.2) is 6.10 Å². The van der Waals surface area contributed by atoms with Crippen molar-refractivity contribution >= 4 is 23.4 Å². The van der Waals surface area contributed by atoms with Gasteiger partial charge in [-0.25, -0.2) is 0 Å². The van der Waals surface area contributed by atoms with Gasteiger partial charge in [-0.1, -0.05) is 23.7 Å². The van der Waals surface area contributed by atoms with E-state index in [4.69, 9.17) is 16.3 Å². The van der Waals surface area contributed by atoms with E-state index in [-0.39, 0.29) is 11.8 Å². The van der Waals surface area contributed by atoms with Gasteiger partial charge in [-0.3, -0.25) is 14.5 Å². The summed E-state index contributed by atoms with van der Waals surface area (Å²) in [5.74, 6) is 0.679. The molecule has 2 fully saturated rings. The molecule has 1 aromatic carbocycles. The van der Waals surface area contributed by atoms with Crippen molar-refractivity contribution < 1.29 is 14.3 Å². The summed E-state index contributed by atoms with van der Waals surface area (Å²) in [6.45, 7) is 6.62. The number of likely N-dealkylation sites (tertiary alicyclic amines) is 1. The number of carbonyl (C=O) groups is 2. The third-order valence-electron chi connectivity index (χ3n) is 4.99. The van der Waals surface area contributed by atoms with E-state index >= 15 is 0 Å². The average molecular weight is 380 g/mol. The summed E-state index contributed by atoms with van der Waals surface area (Å²) >= 11 is 6.09. The topological polar surface area (TPSA) is 53.1 Å². The van der Waals surface area contributed by atoms with Crippen molar-refractivity contribution in [1.29, 1.82) is 0 Å². The highest BCUT2D eigenvalue weighted by molar-refractivity contribution is 6.32. The molecule has 0 saturated carbocycles. The molecule has 2 aliphatic heterocycles. The van der Waals surface area contributed by atoms with Crippen molar-refractivity contribution in [2.24, 2.45) is 0 Å². The van der Waals surface area contributed by atoms with Gasteiger partial charge in [-0.2, -0.15) is 0 Å². The Hall–Kier alpha value is -1.79. The molecule has 0 N–H and O–H groups in total. The Kier molecular flexibility index (Phi) is 6.38. The van der Waals surface area contributed by atoms with Crippen LogP contribution in [-0.4, -0.2) is 78.4 Å². The third kappa shape index (κ3) is 4.68. The molecule has 0 aliphatic carbocycles. The van der Waals surface area contributed by atoms with Gasteiger partial charge in [-0.05, 0) is 31.9 Å². The van der Waals surface area contributed by atoms with E-state index in [1.165, 1.54) is 0 Å². The number of carbonyl (C=O) groups excluding carboxylic acids is 2. The van der Waals surface area contributed by atoms with Crippen molar-refractivity contribution in [2.45, 2.75) is 25.9 Å². The fourth-order valence-electron chi connectivity index (χ4n) is 3.42. The molecular weight excluding hydrogens is 354 g/mol. The van der Waals surface area contributed by atoms with Crippen molar-refractivity contribution in [3.63, 3.8) is 0 Å². The summed E-state index contributed by atoms with van der Waals surface area (Å²) < 4.78 is 5.72. The molecule has 1 atom stereocenters. The van der Waals surface area contributed by atoms with Crippen LogP contribution in [0.1, 0.15) is 19.8 Å². The minimum absolute atomic E-state index is 0.0459. The SMILES string of the molecule is C[C@@H](Oc1ccccc1Cl)C(=O)N1CCN(CC(=O)N2CCCC2)CC1. The Balaban J connectivity index is 1.45. The molecule has 2 heterocycles. The Morgan fingerprint density at radius 1 is 1.04 bits per heavy atom. The summed E-state index contributed by atoms with van der Waals surface area (Å²) in [6.07, 6.45) is 1.63. The van der Waals surface area contributed by atoms with Crippen LogP contribution in [0.2, 0.25) is 5.02 Å². The monoisotopic (exact) mass is 379 g/mol. The second kappa shape index (κ2) is 8.73. The first-order valence-electron chi connectivity index (χ1n) is 9.24. The second-order valence-electron chi connectivity index (χ2n) is 6.88. The zero-order chi connectivity index (χ0) is 18.5. The lowest BCUT2D eigenvalue weighted by Gasteiger charge is -2.36. The lowest BCUT2D eigenvalue weighted by Crippen LogP contribution is -2.53. The first kappa shape index (κ1) is 19.0. The highest BCUT2D eigenvalue weighted by Gasteiger charge is 2.28. The van der Waals surface area contributed by atoms with Crippen LogP contribution >= 0.6 is 11.6 Å². The third-order valence-corrected chi connectivity index (χ3v) is 5.30. The molecular formula is C19H26ClN3O3. The molecule has 2 amide bonds. The number of hydrogen-bond acceptors (Lipinski definition) is 4. The lowest BCUT2D eigenvalue weighted by molar-refractivity contribution is -0.140. The summed E-state index contributed by atoms with van der Waals surface area (Å²) in [5.41, 5.74) is 0. The van der Waals surface area contributed by atoms with E-state index in [0.29, 0.717) is 43.5 Å². The van der Waals surface area contributed by atoms with Gasteiger partial charge in [0.2, 0.25) is 5.91 Å². The van der Waals surface area contributed by atoms with Crippen molar-refractivity contribution in [3.05, 3.63) is 29.3 Å². The molecule has 0 bridgehead atoms. The molecule has 6 nitrogen and oxygen atoms in total. The zero-order valence-electron chi connectivity index (χ0n) is 15.2. The van der Waals surface area contributed by atoms with E-state index in [1.54, 1.807) is 24.0 Å². The Morgan fingerprint density at radius 3 is 2.35 bits per heavy atom. The maximum atomic E-state index is 12.6. The summed E-state index contributed by atoms with van der Waals surface area (Å²) in [5, 5.41) is 0.498. The minimum Gasteiger partial charge on any atom is -0.479 e. The van der Waals surface area contributed by atoms with E-state index in [2.05, 4.69) is 4.90 Å². The van der Waals surface area contributed by atoms with Crippen molar-refractivity contribution in [3.8, 4) is 5.75 Å². The number of ether oxygens (including phenoxy) is 1. The smallest absolute Gasteiger partial charge is 0.263 e. The van der Waals surface area contributed by atoms with Crippen LogP contribution in [0.5, 0.6) is 5.75 Å². The maximum absolute atomic E-state index is 12.6. The highest BCUT2D eigenvalue weighted by Crippen LogP contribution is 2.24. The normalized spacial score (nSPS) is 19.5. The fraction of sp³-hybridized carbons (Fsp3) is 0.579.